The first-order chi connectivity index (χ1) is 11.6. The summed E-state index contributed by atoms with van der Waals surface area (Å²) in [6.45, 7) is 0.733. The van der Waals surface area contributed by atoms with Gasteiger partial charge in [0.2, 0.25) is 5.91 Å². The van der Waals surface area contributed by atoms with Crippen LogP contribution in [0.15, 0.2) is 36.7 Å². The lowest BCUT2D eigenvalue weighted by Gasteiger charge is -2.27. The summed E-state index contributed by atoms with van der Waals surface area (Å²) >= 11 is 0. The van der Waals surface area contributed by atoms with Crippen LogP contribution in [-0.4, -0.2) is 28.0 Å². The Hall–Kier alpha value is -2.43. The number of amides is 1. The third kappa shape index (κ3) is 3.72. The fourth-order valence-corrected chi connectivity index (χ4v) is 3.19. The van der Waals surface area contributed by atoms with Gasteiger partial charge in [-0.1, -0.05) is 24.6 Å². The molecule has 1 amide bonds. The van der Waals surface area contributed by atoms with Gasteiger partial charge in [-0.15, -0.1) is 0 Å². The fourth-order valence-electron chi connectivity index (χ4n) is 3.19. The van der Waals surface area contributed by atoms with Gasteiger partial charge in [0.25, 0.3) is 0 Å². The number of hydrogen-bond donors (Lipinski definition) is 0. The summed E-state index contributed by atoms with van der Waals surface area (Å²) in [5.74, 6) is -0.00151. The maximum Gasteiger partial charge on any atom is 0.227 e. The van der Waals surface area contributed by atoms with Crippen molar-refractivity contribution < 1.29 is 9.59 Å². The van der Waals surface area contributed by atoms with Crippen molar-refractivity contribution in [1.82, 2.24) is 9.78 Å². The molecule has 0 aliphatic carbocycles. The number of carbonyl (C=O) groups is 2. The Morgan fingerprint density at radius 2 is 1.96 bits per heavy atom. The normalized spacial score (nSPS) is 14.6. The van der Waals surface area contributed by atoms with E-state index in [4.69, 9.17) is 0 Å². The highest BCUT2D eigenvalue weighted by molar-refractivity contribution is 6.00. The molecule has 1 aromatic carbocycles. The zero-order chi connectivity index (χ0) is 16.9. The number of para-hydroxylation sites is 1. The van der Waals surface area contributed by atoms with Crippen molar-refractivity contribution in [3.8, 4) is 0 Å². The van der Waals surface area contributed by atoms with Gasteiger partial charge in [-0.3, -0.25) is 14.3 Å². The summed E-state index contributed by atoms with van der Waals surface area (Å²) in [5.41, 5.74) is 2.80. The maximum atomic E-state index is 12.7. The first-order valence-corrected chi connectivity index (χ1v) is 8.55. The number of benzene rings is 1. The molecule has 5 heteroatoms. The lowest BCUT2D eigenvalue weighted by atomic mass is 10.0. The van der Waals surface area contributed by atoms with Crippen LogP contribution in [0.5, 0.6) is 0 Å². The molecule has 2 heterocycles. The van der Waals surface area contributed by atoms with Crippen molar-refractivity contribution in [3.63, 3.8) is 0 Å². The minimum absolute atomic E-state index is 0.0293. The average Bonchev–Trinajstić information content (AvgIpc) is 3.00. The second-order valence-electron chi connectivity index (χ2n) is 6.31. The van der Waals surface area contributed by atoms with Gasteiger partial charge in [0.05, 0.1) is 11.8 Å². The zero-order valence-corrected chi connectivity index (χ0v) is 14.1. The van der Waals surface area contributed by atoms with Crippen LogP contribution in [-0.2, 0) is 18.3 Å². The zero-order valence-electron chi connectivity index (χ0n) is 14.1. The predicted molar refractivity (Wildman–Crippen MR) is 93.1 cm³/mol. The first-order valence-electron chi connectivity index (χ1n) is 8.55. The van der Waals surface area contributed by atoms with E-state index in [1.807, 2.05) is 23.1 Å². The number of aryl methyl sites for hydroxylation is 2. The number of aromatic nitrogens is 2. The molecular weight excluding hydrogens is 302 g/mol. The van der Waals surface area contributed by atoms with Crippen LogP contribution in [0.4, 0.5) is 5.69 Å². The topological polar surface area (TPSA) is 55.2 Å². The van der Waals surface area contributed by atoms with Crippen molar-refractivity contribution in [2.24, 2.45) is 7.05 Å². The number of rotatable bonds is 4. The van der Waals surface area contributed by atoms with E-state index in [1.54, 1.807) is 24.1 Å². The molecule has 0 saturated carbocycles. The average molecular weight is 325 g/mol. The Morgan fingerprint density at radius 1 is 1.12 bits per heavy atom. The quantitative estimate of drug-likeness (QED) is 0.812. The lowest BCUT2D eigenvalue weighted by Crippen LogP contribution is -2.33. The molecule has 3 rings (SSSR count). The molecule has 1 aromatic heterocycles. The Balaban J connectivity index is 1.69. The molecule has 0 bridgehead atoms. The Morgan fingerprint density at radius 3 is 2.75 bits per heavy atom. The number of carbonyl (C=O) groups excluding carboxylic acids is 2. The van der Waals surface area contributed by atoms with Crippen LogP contribution in [0.3, 0.4) is 0 Å². The number of ketones is 1. The molecule has 0 fully saturated rings. The third-order valence-corrected chi connectivity index (χ3v) is 4.50. The van der Waals surface area contributed by atoms with E-state index >= 15 is 0 Å². The Kier molecular flexibility index (Phi) is 5.08. The monoisotopic (exact) mass is 325 g/mol. The third-order valence-electron chi connectivity index (χ3n) is 4.50. The predicted octanol–water partition coefficient (Wildman–Crippen LogP) is 3.14. The number of nitrogens with zero attached hydrogens (tertiary/aromatic N) is 3. The molecule has 126 valence electrons. The molecule has 5 nitrogen and oxygen atoms in total. The summed E-state index contributed by atoms with van der Waals surface area (Å²) in [6, 6.07) is 8.11. The van der Waals surface area contributed by atoms with Crippen LogP contribution < -0.4 is 4.90 Å². The largest absolute Gasteiger partial charge is 0.312 e. The van der Waals surface area contributed by atoms with Gasteiger partial charge in [-0.05, 0) is 30.9 Å². The summed E-state index contributed by atoms with van der Waals surface area (Å²) in [7, 11) is 1.78. The standard InChI is InChI=1S/C19H23N3O2/c1-21-14-16(13-20-21)18(23)10-11-19(24)22-12-6-2-3-7-15-8-4-5-9-17(15)22/h4-5,8-9,13-14H,2-3,6-7,10-12H2,1H3. The molecule has 1 aliphatic heterocycles. The van der Waals surface area contributed by atoms with Crippen molar-refractivity contribution in [3.05, 3.63) is 47.8 Å². The highest BCUT2D eigenvalue weighted by Crippen LogP contribution is 2.26. The molecular formula is C19H23N3O2. The Bertz CT molecular complexity index is 736. The number of hydrogen-bond acceptors (Lipinski definition) is 3. The van der Waals surface area contributed by atoms with E-state index < -0.39 is 0 Å². The summed E-state index contributed by atoms with van der Waals surface area (Å²) in [6.07, 6.45) is 8.03. The first kappa shape index (κ1) is 16.4. The van der Waals surface area contributed by atoms with Gasteiger partial charge >= 0.3 is 0 Å². The SMILES string of the molecule is Cn1cc(C(=O)CCC(=O)N2CCCCCc3ccccc32)cn1. The minimum Gasteiger partial charge on any atom is -0.312 e. The molecule has 0 atom stereocenters. The van der Waals surface area contributed by atoms with E-state index in [-0.39, 0.29) is 24.5 Å². The van der Waals surface area contributed by atoms with Gasteiger partial charge in [0, 0.05) is 38.3 Å². The Labute approximate surface area is 142 Å². The van der Waals surface area contributed by atoms with Crippen molar-refractivity contribution in [1.29, 1.82) is 0 Å². The summed E-state index contributed by atoms with van der Waals surface area (Å²) in [4.78, 5) is 26.8. The van der Waals surface area contributed by atoms with E-state index in [9.17, 15) is 9.59 Å². The van der Waals surface area contributed by atoms with Crippen LogP contribution >= 0.6 is 0 Å². The lowest BCUT2D eigenvalue weighted by molar-refractivity contribution is -0.118. The number of fused-ring (bicyclic) bond motifs is 1. The van der Waals surface area contributed by atoms with Gasteiger partial charge in [0.15, 0.2) is 5.78 Å². The second-order valence-corrected chi connectivity index (χ2v) is 6.31. The van der Waals surface area contributed by atoms with Crippen LogP contribution in [0.1, 0.15) is 48.0 Å². The van der Waals surface area contributed by atoms with Gasteiger partial charge in [-0.2, -0.15) is 5.10 Å². The number of Topliss-reactive ketones (excluding diaryl/α,β-unsaturated/α-hetero) is 1. The van der Waals surface area contributed by atoms with Crippen LogP contribution in [0.25, 0.3) is 0 Å². The van der Waals surface area contributed by atoms with E-state index in [1.165, 1.54) is 12.0 Å². The molecule has 0 spiro atoms. The van der Waals surface area contributed by atoms with Gasteiger partial charge in [-0.25, -0.2) is 0 Å². The maximum absolute atomic E-state index is 12.7. The van der Waals surface area contributed by atoms with E-state index in [0.717, 1.165) is 31.5 Å². The molecule has 24 heavy (non-hydrogen) atoms. The molecule has 1 aliphatic rings. The van der Waals surface area contributed by atoms with Gasteiger partial charge < -0.3 is 4.90 Å². The van der Waals surface area contributed by atoms with Gasteiger partial charge in [0.1, 0.15) is 0 Å². The minimum atomic E-state index is -0.0308. The smallest absolute Gasteiger partial charge is 0.227 e. The molecule has 0 radical (unpaired) electrons. The fraction of sp³-hybridized carbons (Fsp3) is 0.421. The molecule has 0 unspecified atom stereocenters. The summed E-state index contributed by atoms with van der Waals surface area (Å²) in [5, 5.41) is 4.01. The molecule has 0 N–H and O–H groups in total. The van der Waals surface area contributed by atoms with Crippen molar-refractivity contribution in [2.45, 2.75) is 38.5 Å². The van der Waals surface area contributed by atoms with Crippen molar-refractivity contribution in [2.75, 3.05) is 11.4 Å². The molecule has 0 saturated heterocycles. The van der Waals surface area contributed by atoms with E-state index in [0.29, 0.717) is 5.56 Å². The second kappa shape index (κ2) is 7.43. The number of anilines is 1. The van der Waals surface area contributed by atoms with E-state index in [2.05, 4.69) is 11.2 Å². The summed E-state index contributed by atoms with van der Waals surface area (Å²) < 4.78 is 1.60. The highest BCUT2D eigenvalue weighted by Gasteiger charge is 2.21. The van der Waals surface area contributed by atoms with Crippen LogP contribution in [0, 0.1) is 0 Å². The highest BCUT2D eigenvalue weighted by atomic mass is 16.2. The van der Waals surface area contributed by atoms with Crippen molar-refractivity contribution >= 4 is 17.4 Å². The van der Waals surface area contributed by atoms with Crippen LogP contribution in [0.2, 0.25) is 0 Å². The molecule has 2 aromatic rings.